The highest BCUT2D eigenvalue weighted by Crippen LogP contribution is 2.51. The molecule has 242 valence electrons. The van der Waals surface area contributed by atoms with Crippen LogP contribution in [0.2, 0.25) is 0 Å². The number of benzene rings is 3. The molecule has 2 amide bonds. The smallest absolute Gasteiger partial charge is 0.373 e. The van der Waals surface area contributed by atoms with Gasteiger partial charge in [0.25, 0.3) is 0 Å². The topological polar surface area (TPSA) is 53.6 Å². The summed E-state index contributed by atoms with van der Waals surface area (Å²) in [6.45, 7) is 3.84. The number of halogens is 6. The van der Waals surface area contributed by atoms with Crippen LogP contribution in [0.5, 0.6) is 0 Å². The fourth-order valence-corrected chi connectivity index (χ4v) is 6.49. The summed E-state index contributed by atoms with van der Waals surface area (Å²) in [5.41, 5.74) is -2.05. The second-order valence-corrected chi connectivity index (χ2v) is 12.3. The molecule has 0 unspecified atom stereocenters. The van der Waals surface area contributed by atoms with Gasteiger partial charge in [-0.15, -0.1) is 0 Å². The highest BCUT2D eigenvalue weighted by molar-refractivity contribution is 5.74. The van der Waals surface area contributed by atoms with Crippen molar-refractivity contribution in [1.29, 1.82) is 0 Å². The number of amides is 2. The van der Waals surface area contributed by atoms with Crippen LogP contribution in [0.3, 0.4) is 0 Å². The number of urea groups is 1. The maximum Gasteiger partial charge on any atom is 0.416 e. The highest BCUT2D eigenvalue weighted by atomic mass is 19.4. The minimum Gasteiger partial charge on any atom is -0.373 e. The van der Waals surface area contributed by atoms with Gasteiger partial charge in [-0.3, -0.25) is 0 Å². The molecule has 1 saturated carbocycles. The van der Waals surface area contributed by atoms with E-state index in [1.165, 1.54) is 6.92 Å². The Kier molecular flexibility index (Phi) is 9.51. The van der Waals surface area contributed by atoms with Gasteiger partial charge in [0, 0.05) is 37.1 Å². The monoisotopic (exact) mass is 633 g/mol. The molecule has 45 heavy (non-hydrogen) atoms. The van der Waals surface area contributed by atoms with E-state index in [4.69, 9.17) is 4.74 Å². The van der Waals surface area contributed by atoms with Crippen LogP contribution in [-0.4, -0.2) is 42.7 Å². The molecular weight excluding hydrogens is 596 g/mol. The first-order valence-electron chi connectivity index (χ1n) is 15.1. The number of nitrogens with zero attached hydrogens (tertiary/aromatic N) is 1. The summed E-state index contributed by atoms with van der Waals surface area (Å²) in [5.74, 6) is 0. The SMILES string of the molecule is C[C@@H](OCC1(c2ccccc2)CC(CNC(=O)N2CCCC2)(NCc2ccccc2)C1)c1cc(C(F)(F)F)cc(C(F)(F)F)c1. The van der Waals surface area contributed by atoms with Crippen LogP contribution in [0.4, 0.5) is 31.1 Å². The molecule has 2 N–H and O–H groups in total. The van der Waals surface area contributed by atoms with Gasteiger partial charge in [0.15, 0.2) is 0 Å². The maximum atomic E-state index is 13.5. The number of hydrogen-bond acceptors (Lipinski definition) is 3. The number of ether oxygens (including phenoxy) is 1. The first-order valence-corrected chi connectivity index (χ1v) is 15.1. The lowest BCUT2D eigenvalue weighted by Gasteiger charge is -2.57. The first kappa shape index (κ1) is 32.8. The van der Waals surface area contributed by atoms with Crippen molar-refractivity contribution in [2.45, 2.75) is 68.6 Å². The predicted molar refractivity (Wildman–Crippen MR) is 158 cm³/mol. The average molecular weight is 634 g/mol. The summed E-state index contributed by atoms with van der Waals surface area (Å²) >= 11 is 0. The zero-order valence-corrected chi connectivity index (χ0v) is 25.0. The highest BCUT2D eigenvalue weighted by Gasteiger charge is 2.55. The third kappa shape index (κ3) is 7.81. The van der Waals surface area contributed by atoms with Crippen molar-refractivity contribution >= 4 is 6.03 Å². The fourth-order valence-electron chi connectivity index (χ4n) is 6.49. The van der Waals surface area contributed by atoms with Gasteiger partial charge in [-0.1, -0.05) is 60.7 Å². The number of rotatable bonds is 10. The van der Waals surface area contributed by atoms with E-state index in [1.807, 2.05) is 60.7 Å². The van der Waals surface area contributed by atoms with E-state index in [-0.39, 0.29) is 24.3 Å². The van der Waals surface area contributed by atoms with Gasteiger partial charge < -0.3 is 20.3 Å². The van der Waals surface area contributed by atoms with E-state index in [9.17, 15) is 31.1 Å². The molecule has 5 nitrogen and oxygen atoms in total. The lowest BCUT2D eigenvalue weighted by atomic mass is 9.54. The normalized spacial score (nSPS) is 22.6. The summed E-state index contributed by atoms with van der Waals surface area (Å²) < 4.78 is 87.3. The fraction of sp³-hybridized carbons (Fsp3) is 0.441. The molecule has 2 fully saturated rings. The molecule has 1 atom stereocenters. The van der Waals surface area contributed by atoms with Crippen molar-refractivity contribution in [3.8, 4) is 0 Å². The number of carbonyl (C=O) groups is 1. The second-order valence-electron chi connectivity index (χ2n) is 12.3. The van der Waals surface area contributed by atoms with Gasteiger partial charge in [-0.05, 0) is 67.5 Å². The molecule has 0 bridgehead atoms. The molecule has 0 radical (unpaired) electrons. The van der Waals surface area contributed by atoms with Crippen LogP contribution in [0.15, 0.2) is 78.9 Å². The Hall–Kier alpha value is -3.57. The Morgan fingerprint density at radius 1 is 0.867 bits per heavy atom. The predicted octanol–water partition coefficient (Wildman–Crippen LogP) is 7.87. The van der Waals surface area contributed by atoms with Crippen molar-refractivity contribution < 1.29 is 35.9 Å². The molecule has 3 aromatic rings. The van der Waals surface area contributed by atoms with Crippen molar-refractivity contribution in [2.24, 2.45) is 0 Å². The summed E-state index contributed by atoms with van der Waals surface area (Å²) in [5, 5.41) is 6.74. The van der Waals surface area contributed by atoms with Crippen molar-refractivity contribution in [1.82, 2.24) is 15.5 Å². The molecule has 0 spiro atoms. The van der Waals surface area contributed by atoms with Crippen molar-refractivity contribution in [2.75, 3.05) is 26.2 Å². The Labute approximate surface area is 259 Å². The standard InChI is InChI=1S/C34H37F6N3O2/c1-24(26-16-28(33(35,36)37)18-29(17-26)34(38,39)40)45-23-31(27-12-6-3-7-13-27)20-32(21-31,42-19-25-10-4-2-5-11-25)22-41-30(44)43-14-8-9-15-43/h2-7,10-13,16-18,24,42H,8-9,14-15,19-23H2,1H3,(H,41,44)/t24-,31?,32?/m1/s1. The van der Waals surface area contributed by atoms with E-state index in [1.54, 1.807) is 4.90 Å². The van der Waals surface area contributed by atoms with Crippen LogP contribution in [0.25, 0.3) is 0 Å². The van der Waals surface area contributed by atoms with E-state index in [0.29, 0.717) is 39.0 Å². The summed E-state index contributed by atoms with van der Waals surface area (Å²) in [6.07, 6.45) is -7.95. The van der Waals surface area contributed by atoms with Gasteiger partial charge in [0.2, 0.25) is 0 Å². The molecule has 1 heterocycles. The van der Waals surface area contributed by atoms with Crippen molar-refractivity contribution in [3.63, 3.8) is 0 Å². The van der Waals surface area contributed by atoms with Crippen LogP contribution < -0.4 is 10.6 Å². The number of alkyl halides is 6. The lowest BCUT2D eigenvalue weighted by molar-refractivity contribution is -0.143. The summed E-state index contributed by atoms with van der Waals surface area (Å²) in [4.78, 5) is 14.7. The minimum atomic E-state index is -4.95. The molecule has 5 rings (SSSR count). The molecule has 1 saturated heterocycles. The third-order valence-corrected chi connectivity index (χ3v) is 8.91. The Bertz CT molecular complexity index is 1400. The zero-order valence-electron chi connectivity index (χ0n) is 25.0. The molecule has 11 heteroatoms. The molecule has 3 aromatic carbocycles. The van der Waals surface area contributed by atoms with Gasteiger partial charge >= 0.3 is 18.4 Å². The Balaban J connectivity index is 1.38. The van der Waals surface area contributed by atoms with Crippen LogP contribution >= 0.6 is 0 Å². The third-order valence-electron chi connectivity index (χ3n) is 8.91. The van der Waals surface area contributed by atoms with Crippen LogP contribution in [0.1, 0.15) is 66.5 Å². The number of nitrogens with one attached hydrogen (secondary N) is 2. The zero-order chi connectivity index (χ0) is 32.3. The number of hydrogen-bond donors (Lipinski definition) is 2. The number of carbonyl (C=O) groups excluding carboxylic acids is 1. The van der Waals surface area contributed by atoms with E-state index >= 15 is 0 Å². The first-order chi connectivity index (χ1) is 21.3. The van der Waals surface area contributed by atoms with Crippen LogP contribution in [-0.2, 0) is 29.0 Å². The summed E-state index contributed by atoms with van der Waals surface area (Å²) in [7, 11) is 0. The van der Waals surface area contributed by atoms with Crippen LogP contribution in [0, 0.1) is 0 Å². The summed E-state index contributed by atoms with van der Waals surface area (Å²) in [6, 6.07) is 20.8. The molecular formula is C34H37F6N3O2. The van der Waals surface area contributed by atoms with Gasteiger partial charge in [0.05, 0.1) is 23.8 Å². The maximum absolute atomic E-state index is 13.5. The quantitative estimate of drug-likeness (QED) is 0.224. The van der Waals surface area contributed by atoms with Gasteiger partial charge in [-0.2, -0.15) is 26.3 Å². The molecule has 0 aromatic heterocycles. The minimum absolute atomic E-state index is 0.0601. The van der Waals surface area contributed by atoms with E-state index in [2.05, 4.69) is 10.6 Å². The number of likely N-dealkylation sites (tertiary alicyclic amines) is 1. The van der Waals surface area contributed by atoms with Crippen molar-refractivity contribution in [3.05, 3.63) is 107 Å². The Morgan fingerprint density at radius 2 is 1.42 bits per heavy atom. The van der Waals surface area contributed by atoms with Gasteiger partial charge in [0.1, 0.15) is 0 Å². The lowest BCUT2D eigenvalue weighted by Crippen LogP contribution is -2.68. The average Bonchev–Trinajstić information content (AvgIpc) is 3.55. The molecule has 1 aliphatic carbocycles. The van der Waals surface area contributed by atoms with Gasteiger partial charge in [-0.25, -0.2) is 4.79 Å². The van der Waals surface area contributed by atoms with E-state index < -0.39 is 40.5 Å². The molecule has 2 aliphatic rings. The Morgan fingerprint density at radius 3 is 1.98 bits per heavy atom. The largest absolute Gasteiger partial charge is 0.416 e. The van der Waals surface area contributed by atoms with E-state index in [0.717, 1.165) is 36.1 Å². The molecule has 1 aliphatic heterocycles. The second kappa shape index (κ2) is 13.0.